The lowest BCUT2D eigenvalue weighted by atomic mass is 10.2. The summed E-state index contributed by atoms with van der Waals surface area (Å²) in [6.45, 7) is 4.07. The average Bonchev–Trinajstić information content (AvgIpc) is 2.98. The monoisotopic (exact) mass is 311 g/mol. The van der Waals surface area contributed by atoms with Crippen molar-refractivity contribution in [3.8, 4) is 0 Å². The molecule has 1 aliphatic rings. The predicted molar refractivity (Wildman–Crippen MR) is 84.7 cm³/mol. The summed E-state index contributed by atoms with van der Waals surface area (Å²) in [7, 11) is 0.0713. The number of nitrogens with zero attached hydrogens (tertiary/aromatic N) is 2. The second-order valence-electron chi connectivity index (χ2n) is 5.51. The lowest BCUT2D eigenvalue weighted by Gasteiger charge is -2.22. The minimum atomic E-state index is -3.42. The van der Waals surface area contributed by atoms with Crippen LogP contribution in [0.5, 0.6) is 0 Å². The van der Waals surface area contributed by atoms with Gasteiger partial charge in [0.25, 0.3) is 0 Å². The first-order valence-corrected chi connectivity index (χ1v) is 8.91. The second kappa shape index (κ2) is 7.35. The van der Waals surface area contributed by atoms with Gasteiger partial charge in [-0.15, -0.1) is 0 Å². The summed E-state index contributed by atoms with van der Waals surface area (Å²) in [6, 6.07) is 7.20. The topological polar surface area (TPSA) is 52.7 Å². The highest BCUT2D eigenvalue weighted by Gasteiger charge is 2.24. The number of hydrogen-bond donors (Lipinski definition) is 1. The summed E-state index contributed by atoms with van der Waals surface area (Å²) in [5.41, 5.74) is 0.813. The number of sulfonamides is 1. The van der Waals surface area contributed by atoms with Gasteiger partial charge >= 0.3 is 0 Å². The number of likely N-dealkylation sites (N-methyl/N-ethyl adjacent to an activating group) is 1. The highest BCUT2D eigenvalue weighted by molar-refractivity contribution is 7.89. The van der Waals surface area contributed by atoms with Crippen molar-refractivity contribution in [2.24, 2.45) is 0 Å². The summed E-state index contributed by atoms with van der Waals surface area (Å²) < 4.78 is 26.9. The second-order valence-corrected chi connectivity index (χ2v) is 7.53. The van der Waals surface area contributed by atoms with E-state index in [2.05, 4.69) is 10.2 Å². The maximum absolute atomic E-state index is 12.7. The maximum Gasteiger partial charge on any atom is 0.243 e. The van der Waals surface area contributed by atoms with Crippen molar-refractivity contribution in [2.45, 2.75) is 24.3 Å². The zero-order valence-electron chi connectivity index (χ0n) is 12.9. The Balaban J connectivity index is 2.09. The van der Waals surface area contributed by atoms with E-state index in [1.165, 1.54) is 17.1 Å². The summed E-state index contributed by atoms with van der Waals surface area (Å²) in [4.78, 5) is 2.73. The standard InChI is InChI=1S/C15H25N3O2S/c1-16-13-14-7-3-4-8-15(14)21(19,20)17(2)11-12-18-9-5-6-10-18/h3-4,7-8,16H,5-6,9-13H2,1-2H3. The third-order valence-corrected chi connectivity index (χ3v) is 5.92. The lowest BCUT2D eigenvalue weighted by molar-refractivity contribution is 0.310. The highest BCUT2D eigenvalue weighted by Crippen LogP contribution is 2.19. The van der Waals surface area contributed by atoms with Crippen LogP contribution in [0.15, 0.2) is 29.2 Å². The van der Waals surface area contributed by atoms with Crippen LogP contribution >= 0.6 is 0 Å². The minimum Gasteiger partial charge on any atom is -0.316 e. The van der Waals surface area contributed by atoms with Crippen LogP contribution in [0.3, 0.4) is 0 Å². The molecule has 0 saturated carbocycles. The van der Waals surface area contributed by atoms with Crippen LogP contribution in [0.4, 0.5) is 0 Å². The zero-order valence-corrected chi connectivity index (χ0v) is 13.7. The van der Waals surface area contributed by atoms with Gasteiger partial charge in [-0.05, 0) is 44.6 Å². The molecule has 6 heteroatoms. The van der Waals surface area contributed by atoms with Crippen molar-refractivity contribution < 1.29 is 8.42 Å². The van der Waals surface area contributed by atoms with E-state index >= 15 is 0 Å². The van der Waals surface area contributed by atoms with E-state index in [-0.39, 0.29) is 0 Å². The fraction of sp³-hybridized carbons (Fsp3) is 0.600. The van der Waals surface area contributed by atoms with Crippen LogP contribution in [-0.4, -0.2) is 57.9 Å². The molecule has 1 N–H and O–H groups in total. The number of benzene rings is 1. The Hall–Kier alpha value is -0.950. The van der Waals surface area contributed by atoms with Gasteiger partial charge in [0.15, 0.2) is 0 Å². The van der Waals surface area contributed by atoms with Crippen LogP contribution in [-0.2, 0) is 16.6 Å². The van der Waals surface area contributed by atoms with Gasteiger partial charge < -0.3 is 10.2 Å². The van der Waals surface area contributed by atoms with Crippen LogP contribution in [0.2, 0.25) is 0 Å². The van der Waals surface area contributed by atoms with Gasteiger partial charge in [0.05, 0.1) is 4.90 Å². The summed E-state index contributed by atoms with van der Waals surface area (Å²) in [5.74, 6) is 0. The largest absolute Gasteiger partial charge is 0.316 e. The molecule has 0 radical (unpaired) electrons. The van der Waals surface area contributed by atoms with E-state index in [4.69, 9.17) is 0 Å². The molecule has 21 heavy (non-hydrogen) atoms. The SMILES string of the molecule is CNCc1ccccc1S(=O)(=O)N(C)CCN1CCCC1. The molecule has 1 aliphatic heterocycles. The molecular formula is C15H25N3O2S. The zero-order chi connectivity index (χ0) is 15.3. The van der Waals surface area contributed by atoms with Gasteiger partial charge in [-0.1, -0.05) is 18.2 Å². The number of hydrogen-bond acceptors (Lipinski definition) is 4. The Kier molecular flexibility index (Phi) is 5.75. The van der Waals surface area contributed by atoms with Crippen molar-refractivity contribution >= 4 is 10.0 Å². The Morgan fingerprint density at radius 2 is 1.90 bits per heavy atom. The Morgan fingerprint density at radius 1 is 1.24 bits per heavy atom. The molecule has 5 nitrogen and oxygen atoms in total. The first kappa shape index (κ1) is 16.4. The highest BCUT2D eigenvalue weighted by atomic mass is 32.2. The summed E-state index contributed by atoms with van der Waals surface area (Å²) in [6.07, 6.45) is 2.45. The lowest BCUT2D eigenvalue weighted by Crippen LogP contribution is -2.35. The van der Waals surface area contributed by atoms with E-state index in [9.17, 15) is 8.42 Å². The van der Waals surface area contributed by atoms with Crippen LogP contribution in [0.1, 0.15) is 18.4 Å². The van der Waals surface area contributed by atoms with Gasteiger partial charge in [0.1, 0.15) is 0 Å². The molecule has 1 aromatic rings. The van der Waals surface area contributed by atoms with E-state index in [1.807, 2.05) is 19.2 Å². The van der Waals surface area contributed by atoms with Gasteiger partial charge in [0.2, 0.25) is 10.0 Å². The number of rotatable bonds is 7. The van der Waals surface area contributed by atoms with Crippen LogP contribution in [0, 0.1) is 0 Å². The normalized spacial score (nSPS) is 16.7. The quantitative estimate of drug-likeness (QED) is 0.820. The van der Waals surface area contributed by atoms with Crippen LogP contribution < -0.4 is 5.32 Å². The predicted octanol–water partition coefficient (Wildman–Crippen LogP) is 1.12. The number of likely N-dealkylation sites (tertiary alicyclic amines) is 1. The molecule has 0 bridgehead atoms. The van der Waals surface area contributed by atoms with Crippen LogP contribution in [0.25, 0.3) is 0 Å². The molecular weight excluding hydrogens is 286 g/mol. The molecule has 1 aromatic carbocycles. The molecule has 0 unspecified atom stereocenters. The first-order chi connectivity index (χ1) is 10.1. The maximum atomic E-state index is 12.7. The van der Waals surface area contributed by atoms with Crippen molar-refractivity contribution in [3.05, 3.63) is 29.8 Å². The van der Waals surface area contributed by atoms with Crippen molar-refractivity contribution in [2.75, 3.05) is 40.3 Å². The molecule has 1 saturated heterocycles. The molecule has 0 aromatic heterocycles. The Bertz CT molecular complexity index is 554. The van der Waals surface area contributed by atoms with Crippen molar-refractivity contribution in [1.82, 2.24) is 14.5 Å². The third-order valence-electron chi connectivity index (χ3n) is 3.96. The third kappa shape index (κ3) is 4.03. The molecule has 0 atom stereocenters. The Labute approximate surface area is 128 Å². The van der Waals surface area contributed by atoms with E-state index in [0.717, 1.165) is 25.2 Å². The van der Waals surface area contributed by atoms with Gasteiger partial charge in [0, 0.05) is 26.7 Å². The van der Waals surface area contributed by atoms with Gasteiger partial charge in [-0.3, -0.25) is 0 Å². The summed E-state index contributed by atoms with van der Waals surface area (Å²) >= 11 is 0. The molecule has 1 fully saturated rings. The van der Waals surface area contributed by atoms with E-state index in [0.29, 0.717) is 18.0 Å². The smallest absolute Gasteiger partial charge is 0.243 e. The van der Waals surface area contributed by atoms with E-state index < -0.39 is 10.0 Å². The Morgan fingerprint density at radius 3 is 2.57 bits per heavy atom. The fourth-order valence-electron chi connectivity index (χ4n) is 2.67. The molecule has 0 spiro atoms. The molecule has 118 valence electrons. The number of nitrogens with one attached hydrogen (secondary N) is 1. The van der Waals surface area contributed by atoms with Crippen molar-refractivity contribution in [1.29, 1.82) is 0 Å². The summed E-state index contributed by atoms with van der Waals surface area (Å²) in [5, 5.41) is 3.02. The first-order valence-electron chi connectivity index (χ1n) is 7.47. The molecule has 0 aliphatic carbocycles. The average molecular weight is 311 g/mol. The van der Waals surface area contributed by atoms with Gasteiger partial charge in [-0.2, -0.15) is 4.31 Å². The van der Waals surface area contributed by atoms with Crippen molar-refractivity contribution in [3.63, 3.8) is 0 Å². The fourth-order valence-corrected chi connectivity index (χ4v) is 4.05. The van der Waals surface area contributed by atoms with Gasteiger partial charge in [-0.25, -0.2) is 8.42 Å². The molecule has 1 heterocycles. The van der Waals surface area contributed by atoms with E-state index in [1.54, 1.807) is 19.2 Å². The molecule has 2 rings (SSSR count). The molecule has 0 amide bonds. The minimum absolute atomic E-state index is 0.406.